The van der Waals surface area contributed by atoms with Crippen molar-refractivity contribution < 1.29 is 18.3 Å². The largest absolute Gasteiger partial charge is 0.385 e. The number of anilines is 1. The summed E-state index contributed by atoms with van der Waals surface area (Å²) < 4.78 is 31.3. The van der Waals surface area contributed by atoms with E-state index in [0.29, 0.717) is 25.6 Å². The molecule has 0 aromatic heterocycles. The molecule has 7 heteroatoms. The minimum Gasteiger partial charge on any atom is -0.385 e. The van der Waals surface area contributed by atoms with Crippen LogP contribution in [0.1, 0.15) is 13.3 Å². The highest BCUT2D eigenvalue weighted by atomic mass is 35.5. The van der Waals surface area contributed by atoms with Crippen LogP contribution in [0, 0.1) is 11.6 Å². The second-order valence-corrected chi connectivity index (χ2v) is 4.66. The van der Waals surface area contributed by atoms with Crippen LogP contribution in [0.3, 0.4) is 0 Å². The summed E-state index contributed by atoms with van der Waals surface area (Å²) in [4.78, 5) is 11.7. The van der Waals surface area contributed by atoms with Crippen molar-refractivity contribution in [2.24, 2.45) is 0 Å². The number of hydrogen-bond acceptors (Lipinski definition) is 3. The zero-order valence-electron chi connectivity index (χ0n) is 11.3. The molecule has 0 radical (unpaired) electrons. The standard InChI is InChI=1S/C13H17ClF2N2O2/c1-8(13(19)17-4-3-5-20-2)18-12-10(14)6-9(15)7-11(12)16/h6-8,18H,3-5H2,1-2H3,(H,17,19). The van der Waals surface area contributed by atoms with Gasteiger partial charge in [-0.05, 0) is 19.4 Å². The Kier molecular flexibility index (Phi) is 6.67. The second-order valence-electron chi connectivity index (χ2n) is 4.25. The van der Waals surface area contributed by atoms with E-state index in [1.165, 1.54) is 0 Å². The number of ether oxygens (including phenoxy) is 1. The topological polar surface area (TPSA) is 50.4 Å². The molecule has 4 nitrogen and oxygen atoms in total. The lowest BCUT2D eigenvalue weighted by molar-refractivity contribution is -0.121. The van der Waals surface area contributed by atoms with E-state index in [4.69, 9.17) is 16.3 Å². The van der Waals surface area contributed by atoms with Crippen LogP contribution >= 0.6 is 11.6 Å². The van der Waals surface area contributed by atoms with Gasteiger partial charge >= 0.3 is 0 Å². The molecule has 0 aliphatic heterocycles. The number of nitrogens with one attached hydrogen (secondary N) is 2. The maximum Gasteiger partial charge on any atom is 0.242 e. The molecule has 1 aromatic rings. The molecule has 0 fully saturated rings. The lowest BCUT2D eigenvalue weighted by Gasteiger charge is -2.16. The molecule has 0 heterocycles. The first kappa shape index (κ1) is 16.7. The van der Waals surface area contributed by atoms with Gasteiger partial charge in [0.25, 0.3) is 0 Å². The van der Waals surface area contributed by atoms with Crippen molar-refractivity contribution in [2.75, 3.05) is 25.6 Å². The van der Waals surface area contributed by atoms with E-state index in [1.807, 2.05) is 0 Å². The molecule has 0 aliphatic rings. The highest BCUT2D eigenvalue weighted by Gasteiger charge is 2.17. The molecule has 112 valence electrons. The maximum absolute atomic E-state index is 13.6. The van der Waals surface area contributed by atoms with E-state index in [1.54, 1.807) is 14.0 Å². The molecule has 0 bridgehead atoms. The van der Waals surface area contributed by atoms with Crippen LogP contribution in [-0.2, 0) is 9.53 Å². The molecule has 1 atom stereocenters. The van der Waals surface area contributed by atoms with Gasteiger partial charge in [-0.25, -0.2) is 8.78 Å². The fourth-order valence-corrected chi connectivity index (χ4v) is 1.79. The predicted molar refractivity (Wildman–Crippen MR) is 74.0 cm³/mol. The molecule has 0 saturated heterocycles. The smallest absolute Gasteiger partial charge is 0.242 e. The Bertz CT molecular complexity index is 449. The van der Waals surface area contributed by atoms with E-state index in [2.05, 4.69) is 10.6 Å². The first-order chi connectivity index (χ1) is 9.45. The summed E-state index contributed by atoms with van der Waals surface area (Å²) in [5, 5.41) is 5.19. The number of halogens is 3. The Morgan fingerprint density at radius 1 is 1.45 bits per heavy atom. The average Bonchev–Trinajstić information content (AvgIpc) is 2.38. The fraction of sp³-hybridized carbons (Fsp3) is 0.462. The molecule has 2 N–H and O–H groups in total. The van der Waals surface area contributed by atoms with Crippen molar-refractivity contribution in [3.63, 3.8) is 0 Å². The summed E-state index contributed by atoms with van der Waals surface area (Å²) in [5.74, 6) is -1.91. The monoisotopic (exact) mass is 306 g/mol. The minimum atomic E-state index is -0.839. The Hall–Kier alpha value is -1.40. The lowest BCUT2D eigenvalue weighted by atomic mass is 10.2. The molecular weight excluding hydrogens is 290 g/mol. The number of benzene rings is 1. The van der Waals surface area contributed by atoms with E-state index in [0.717, 1.165) is 6.07 Å². The summed E-state index contributed by atoms with van der Waals surface area (Å²) >= 11 is 5.74. The van der Waals surface area contributed by atoms with E-state index in [9.17, 15) is 13.6 Å². The zero-order valence-corrected chi connectivity index (χ0v) is 12.1. The van der Waals surface area contributed by atoms with Gasteiger partial charge in [0, 0.05) is 26.3 Å². The summed E-state index contributed by atoms with van der Waals surface area (Å²) in [5.41, 5.74) is -0.0902. The van der Waals surface area contributed by atoms with Gasteiger partial charge in [-0.3, -0.25) is 4.79 Å². The third kappa shape index (κ3) is 4.94. The predicted octanol–water partition coefficient (Wildman–Crippen LogP) is 2.57. The van der Waals surface area contributed by atoms with Gasteiger partial charge in [-0.1, -0.05) is 11.6 Å². The molecule has 1 amide bonds. The Morgan fingerprint density at radius 2 is 2.15 bits per heavy atom. The first-order valence-corrected chi connectivity index (χ1v) is 6.51. The Balaban J connectivity index is 2.57. The average molecular weight is 307 g/mol. The van der Waals surface area contributed by atoms with Crippen LogP contribution in [-0.4, -0.2) is 32.2 Å². The van der Waals surface area contributed by atoms with Crippen LogP contribution in [0.5, 0.6) is 0 Å². The molecule has 20 heavy (non-hydrogen) atoms. The van der Waals surface area contributed by atoms with E-state index in [-0.39, 0.29) is 16.6 Å². The molecule has 1 rings (SSSR count). The molecule has 0 aliphatic carbocycles. The molecule has 1 aromatic carbocycles. The third-order valence-corrected chi connectivity index (χ3v) is 2.88. The number of amides is 1. The van der Waals surface area contributed by atoms with E-state index >= 15 is 0 Å². The normalized spacial score (nSPS) is 12.1. The molecule has 1 unspecified atom stereocenters. The first-order valence-electron chi connectivity index (χ1n) is 6.13. The quantitative estimate of drug-likeness (QED) is 0.761. The van der Waals surface area contributed by atoms with Gasteiger partial charge in [0.1, 0.15) is 11.9 Å². The van der Waals surface area contributed by atoms with Gasteiger partial charge in [-0.2, -0.15) is 0 Å². The van der Waals surface area contributed by atoms with Gasteiger partial charge in [0.15, 0.2) is 5.82 Å². The van der Waals surface area contributed by atoms with Gasteiger partial charge in [0.05, 0.1) is 10.7 Å². The molecular formula is C13H17ClF2N2O2. The van der Waals surface area contributed by atoms with Crippen molar-refractivity contribution >= 4 is 23.2 Å². The summed E-state index contributed by atoms with van der Waals surface area (Å²) in [6.07, 6.45) is 0.681. The summed E-state index contributed by atoms with van der Waals surface area (Å²) in [7, 11) is 1.57. The third-order valence-electron chi connectivity index (χ3n) is 2.59. The summed E-state index contributed by atoms with van der Waals surface area (Å²) in [6, 6.07) is 0.989. The van der Waals surface area contributed by atoms with Crippen molar-refractivity contribution in [3.8, 4) is 0 Å². The highest BCUT2D eigenvalue weighted by Crippen LogP contribution is 2.26. The van der Waals surface area contributed by atoms with Crippen molar-refractivity contribution in [3.05, 3.63) is 28.8 Å². The second kappa shape index (κ2) is 8.01. The van der Waals surface area contributed by atoms with Crippen molar-refractivity contribution in [1.82, 2.24) is 5.32 Å². The van der Waals surface area contributed by atoms with E-state index < -0.39 is 17.7 Å². The zero-order chi connectivity index (χ0) is 15.1. The van der Waals surface area contributed by atoms with Crippen LogP contribution in [0.4, 0.5) is 14.5 Å². The number of hydrogen-bond donors (Lipinski definition) is 2. The van der Waals surface area contributed by atoms with Gasteiger partial charge in [0.2, 0.25) is 5.91 Å². The Labute approximate surface area is 121 Å². The molecule has 0 saturated carbocycles. The lowest BCUT2D eigenvalue weighted by Crippen LogP contribution is -2.38. The number of carbonyl (C=O) groups excluding carboxylic acids is 1. The molecule has 0 spiro atoms. The van der Waals surface area contributed by atoms with Crippen LogP contribution < -0.4 is 10.6 Å². The van der Waals surface area contributed by atoms with Crippen LogP contribution in [0.2, 0.25) is 5.02 Å². The van der Waals surface area contributed by atoms with Crippen LogP contribution in [0.25, 0.3) is 0 Å². The van der Waals surface area contributed by atoms with Crippen molar-refractivity contribution in [1.29, 1.82) is 0 Å². The minimum absolute atomic E-state index is 0.0902. The highest BCUT2D eigenvalue weighted by molar-refractivity contribution is 6.33. The summed E-state index contributed by atoms with van der Waals surface area (Å²) in [6.45, 7) is 2.56. The fourth-order valence-electron chi connectivity index (χ4n) is 1.54. The Morgan fingerprint density at radius 3 is 2.75 bits per heavy atom. The number of carbonyl (C=O) groups is 1. The number of rotatable bonds is 7. The number of methoxy groups -OCH3 is 1. The van der Waals surface area contributed by atoms with Gasteiger partial charge in [-0.15, -0.1) is 0 Å². The van der Waals surface area contributed by atoms with Gasteiger partial charge < -0.3 is 15.4 Å². The van der Waals surface area contributed by atoms with Crippen LogP contribution in [0.15, 0.2) is 12.1 Å². The SMILES string of the molecule is COCCCNC(=O)C(C)Nc1c(F)cc(F)cc1Cl. The van der Waals surface area contributed by atoms with Crippen molar-refractivity contribution in [2.45, 2.75) is 19.4 Å². The maximum atomic E-state index is 13.6.